The number of piperazine rings is 1. The van der Waals surface area contributed by atoms with Crippen LogP contribution < -0.4 is 4.90 Å². The van der Waals surface area contributed by atoms with Crippen LogP contribution in [0.4, 0.5) is 5.13 Å². The van der Waals surface area contributed by atoms with Crippen molar-refractivity contribution in [1.29, 1.82) is 0 Å². The first kappa shape index (κ1) is 20.8. The van der Waals surface area contributed by atoms with Gasteiger partial charge in [0, 0.05) is 26.2 Å². The van der Waals surface area contributed by atoms with Gasteiger partial charge in [0.05, 0.1) is 26.4 Å². The number of benzene rings is 2. The Balaban J connectivity index is 1.51. The van der Waals surface area contributed by atoms with Gasteiger partial charge in [-0.2, -0.15) is 0 Å². The maximum absolute atomic E-state index is 13.1. The summed E-state index contributed by atoms with van der Waals surface area (Å²) in [6.45, 7) is 8.21. The van der Waals surface area contributed by atoms with E-state index in [-0.39, 0.29) is 22.1 Å². The largest absolute Gasteiger partial charge is 0.345 e. The fourth-order valence-electron chi connectivity index (χ4n) is 3.64. The van der Waals surface area contributed by atoms with Gasteiger partial charge in [-0.1, -0.05) is 30.4 Å². The van der Waals surface area contributed by atoms with Gasteiger partial charge in [-0.3, -0.25) is 4.79 Å². The summed E-state index contributed by atoms with van der Waals surface area (Å²) in [5.74, 6) is -0.250. The minimum Gasteiger partial charge on any atom is -0.345 e. The van der Waals surface area contributed by atoms with Crippen LogP contribution in [0.5, 0.6) is 0 Å². The highest BCUT2D eigenvalue weighted by Gasteiger charge is 2.28. The molecule has 158 valence electrons. The minimum atomic E-state index is -3.45. The van der Waals surface area contributed by atoms with Crippen molar-refractivity contribution in [2.75, 3.05) is 36.8 Å². The Morgan fingerprint density at radius 2 is 1.73 bits per heavy atom. The fourth-order valence-corrected chi connectivity index (χ4v) is 5.83. The lowest BCUT2D eigenvalue weighted by atomic mass is 10.1. The number of hydrogen-bond acceptors (Lipinski definition) is 6. The highest BCUT2D eigenvalue weighted by atomic mass is 32.2. The smallest absolute Gasteiger partial charge is 0.255 e. The number of sulfone groups is 1. The normalized spacial score (nSPS) is 15.0. The molecule has 1 aliphatic rings. The number of rotatable bonds is 4. The SMILES string of the molecule is CCS(=O)(=O)c1ccccc1C(=O)N1CCN(c2nc3cc(C)c(C)cc3s2)CC1. The van der Waals surface area contributed by atoms with Crippen LogP contribution >= 0.6 is 11.3 Å². The van der Waals surface area contributed by atoms with E-state index in [1.54, 1.807) is 41.4 Å². The van der Waals surface area contributed by atoms with Crippen molar-refractivity contribution in [1.82, 2.24) is 9.88 Å². The quantitative estimate of drug-likeness (QED) is 0.615. The third-order valence-electron chi connectivity index (χ3n) is 5.66. The number of thiazole rings is 1. The zero-order valence-electron chi connectivity index (χ0n) is 17.4. The van der Waals surface area contributed by atoms with Crippen LogP contribution in [0.25, 0.3) is 10.2 Å². The molecule has 8 heteroatoms. The van der Waals surface area contributed by atoms with Crippen LogP contribution in [-0.2, 0) is 9.84 Å². The first-order chi connectivity index (χ1) is 14.3. The molecular formula is C22H25N3O3S2. The molecule has 3 aromatic rings. The van der Waals surface area contributed by atoms with Crippen molar-refractivity contribution < 1.29 is 13.2 Å². The second-order valence-corrected chi connectivity index (χ2v) is 10.8. The lowest BCUT2D eigenvalue weighted by molar-refractivity contribution is 0.0743. The van der Waals surface area contributed by atoms with E-state index < -0.39 is 9.84 Å². The van der Waals surface area contributed by atoms with Crippen molar-refractivity contribution >= 4 is 42.4 Å². The number of hydrogen-bond donors (Lipinski definition) is 0. The van der Waals surface area contributed by atoms with Crippen molar-refractivity contribution in [2.45, 2.75) is 25.7 Å². The number of fused-ring (bicyclic) bond motifs is 1. The molecule has 0 spiro atoms. The van der Waals surface area contributed by atoms with Gasteiger partial charge in [0.25, 0.3) is 5.91 Å². The first-order valence-electron chi connectivity index (χ1n) is 10.0. The van der Waals surface area contributed by atoms with Crippen molar-refractivity contribution in [3.63, 3.8) is 0 Å². The number of anilines is 1. The molecule has 2 heterocycles. The van der Waals surface area contributed by atoms with E-state index in [1.807, 2.05) is 0 Å². The highest BCUT2D eigenvalue weighted by Crippen LogP contribution is 2.31. The Morgan fingerprint density at radius 1 is 1.07 bits per heavy atom. The number of nitrogens with zero attached hydrogens (tertiary/aromatic N) is 3. The molecule has 1 amide bonds. The van der Waals surface area contributed by atoms with Crippen LogP contribution in [0.1, 0.15) is 28.4 Å². The Bertz CT molecular complexity index is 1170. The number of carbonyl (C=O) groups excluding carboxylic acids is 1. The third kappa shape index (κ3) is 3.81. The summed E-state index contributed by atoms with van der Waals surface area (Å²) >= 11 is 1.67. The molecule has 0 unspecified atom stereocenters. The summed E-state index contributed by atoms with van der Waals surface area (Å²) in [5.41, 5.74) is 3.76. The molecular weight excluding hydrogens is 418 g/mol. The van der Waals surface area contributed by atoms with Crippen LogP contribution in [0.2, 0.25) is 0 Å². The zero-order chi connectivity index (χ0) is 21.5. The molecule has 2 aromatic carbocycles. The van der Waals surface area contributed by atoms with Gasteiger partial charge >= 0.3 is 0 Å². The van der Waals surface area contributed by atoms with Gasteiger partial charge in [0.1, 0.15) is 0 Å². The molecule has 6 nitrogen and oxygen atoms in total. The van der Waals surface area contributed by atoms with E-state index in [0.717, 1.165) is 10.6 Å². The topological polar surface area (TPSA) is 70.6 Å². The molecule has 0 N–H and O–H groups in total. The molecule has 0 radical (unpaired) electrons. The van der Waals surface area contributed by atoms with E-state index in [1.165, 1.54) is 21.9 Å². The maximum Gasteiger partial charge on any atom is 0.255 e. The molecule has 0 saturated carbocycles. The molecule has 1 fully saturated rings. The van der Waals surface area contributed by atoms with Crippen LogP contribution in [0.3, 0.4) is 0 Å². The molecule has 0 atom stereocenters. The summed E-state index contributed by atoms with van der Waals surface area (Å²) in [4.78, 5) is 21.9. The Hall–Kier alpha value is -2.45. The molecule has 4 rings (SSSR count). The molecule has 30 heavy (non-hydrogen) atoms. The van der Waals surface area contributed by atoms with E-state index >= 15 is 0 Å². The standard InChI is InChI=1S/C22H25N3O3S2/c1-4-30(27,28)20-8-6-5-7-17(20)21(26)24-9-11-25(12-10-24)22-23-18-13-15(2)16(3)14-19(18)29-22/h5-8,13-14H,4,9-12H2,1-3H3. The lowest BCUT2D eigenvalue weighted by Crippen LogP contribution is -2.49. The Kier molecular flexibility index (Phi) is 5.55. The van der Waals surface area contributed by atoms with Crippen LogP contribution in [0.15, 0.2) is 41.3 Å². The molecule has 0 aliphatic carbocycles. The number of carbonyl (C=O) groups is 1. The second kappa shape index (κ2) is 8.00. The molecule has 1 aromatic heterocycles. The average molecular weight is 444 g/mol. The van der Waals surface area contributed by atoms with Crippen LogP contribution in [-0.4, -0.2) is 56.1 Å². The predicted molar refractivity (Wildman–Crippen MR) is 121 cm³/mol. The van der Waals surface area contributed by atoms with E-state index in [0.29, 0.717) is 26.2 Å². The highest BCUT2D eigenvalue weighted by molar-refractivity contribution is 7.91. The zero-order valence-corrected chi connectivity index (χ0v) is 19.0. The molecule has 1 aliphatic heterocycles. The number of aryl methyl sites for hydroxylation is 2. The summed E-state index contributed by atoms with van der Waals surface area (Å²) in [6, 6.07) is 10.8. The lowest BCUT2D eigenvalue weighted by Gasteiger charge is -2.34. The van der Waals surface area contributed by atoms with E-state index in [4.69, 9.17) is 4.98 Å². The van der Waals surface area contributed by atoms with Gasteiger partial charge < -0.3 is 9.80 Å². The van der Waals surface area contributed by atoms with Gasteiger partial charge in [0.2, 0.25) is 0 Å². The van der Waals surface area contributed by atoms with Crippen molar-refractivity contribution in [2.24, 2.45) is 0 Å². The van der Waals surface area contributed by atoms with E-state index in [9.17, 15) is 13.2 Å². The predicted octanol–water partition coefficient (Wildman–Crippen LogP) is 3.67. The summed E-state index contributed by atoms with van der Waals surface area (Å²) < 4.78 is 26.0. The summed E-state index contributed by atoms with van der Waals surface area (Å²) in [6.07, 6.45) is 0. The second-order valence-electron chi connectivity index (χ2n) is 7.58. The summed E-state index contributed by atoms with van der Waals surface area (Å²) in [7, 11) is -3.45. The van der Waals surface area contributed by atoms with Crippen molar-refractivity contribution in [3.8, 4) is 0 Å². The number of aromatic nitrogens is 1. The first-order valence-corrected chi connectivity index (χ1v) is 12.5. The maximum atomic E-state index is 13.1. The third-order valence-corrected chi connectivity index (χ3v) is 8.53. The van der Waals surface area contributed by atoms with Gasteiger partial charge in [-0.15, -0.1) is 0 Å². The van der Waals surface area contributed by atoms with Crippen LogP contribution in [0, 0.1) is 13.8 Å². The Morgan fingerprint density at radius 3 is 2.43 bits per heavy atom. The van der Waals surface area contributed by atoms with Gasteiger partial charge in [-0.25, -0.2) is 13.4 Å². The monoisotopic (exact) mass is 443 g/mol. The fraction of sp³-hybridized carbons (Fsp3) is 0.364. The van der Waals surface area contributed by atoms with E-state index in [2.05, 4.69) is 30.9 Å². The Labute approximate surface area is 181 Å². The number of amides is 1. The molecule has 1 saturated heterocycles. The molecule has 0 bridgehead atoms. The van der Waals surface area contributed by atoms with Gasteiger partial charge in [-0.05, 0) is 49.2 Å². The van der Waals surface area contributed by atoms with Crippen molar-refractivity contribution in [3.05, 3.63) is 53.1 Å². The minimum absolute atomic E-state index is 0.0262. The van der Waals surface area contributed by atoms with Gasteiger partial charge in [0.15, 0.2) is 15.0 Å². The summed E-state index contributed by atoms with van der Waals surface area (Å²) in [5, 5.41) is 0.969. The average Bonchev–Trinajstić information content (AvgIpc) is 3.16.